The van der Waals surface area contributed by atoms with E-state index in [4.69, 9.17) is 0 Å². The van der Waals surface area contributed by atoms with Crippen LogP contribution in [0.2, 0.25) is 0 Å². The van der Waals surface area contributed by atoms with Gasteiger partial charge in [0.15, 0.2) is 0 Å². The molecule has 0 atom stereocenters. The third-order valence-corrected chi connectivity index (χ3v) is 4.32. The summed E-state index contributed by atoms with van der Waals surface area (Å²) in [7, 11) is 0. The summed E-state index contributed by atoms with van der Waals surface area (Å²) in [6.45, 7) is 9.22. The van der Waals surface area contributed by atoms with Crippen LogP contribution in [-0.4, -0.2) is 53.5 Å². The molecule has 3 rings (SSSR count). The van der Waals surface area contributed by atoms with Crippen molar-refractivity contribution in [2.75, 3.05) is 42.9 Å². The van der Waals surface area contributed by atoms with E-state index in [9.17, 15) is 4.79 Å². The zero-order valence-electron chi connectivity index (χ0n) is 14.2. The Bertz CT molecular complexity index is 676. The van der Waals surface area contributed by atoms with Gasteiger partial charge in [-0.1, -0.05) is 24.6 Å². The molecule has 6 nitrogen and oxygen atoms in total. The molecule has 1 aliphatic heterocycles. The zero-order chi connectivity index (χ0) is 16.9. The Kier molecular flexibility index (Phi) is 5.05. The van der Waals surface area contributed by atoms with Gasteiger partial charge >= 0.3 is 0 Å². The van der Waals surface area contributed by atoms with Crippen LogP contribution in [0.5, 0.6) is 0 Å². The zero-order valence-corrected chi connectivity index (χ0v) is 14.2. The molecule has 24 heavy (non-hydrogen) atoms. The summed E-state index contributed by atoms with van der Waals surface area (Å²) in [4.78, 5) is 25.5. The highest BCUT2D eigenvalue weighted by Crippen LogP contribution is 2.14. The summed E-state index contributed by atoms with van der Waals surface area (Å²) in [6.07, 6.45) is 3.23. The lowest BCUT2D eigenvalue weighted by Crippen LogP contribution is -2.46. The van der Waals surface area contributed by atoms with Crippen molar-refractivity contribution < 1.29 is 4.79 Å². The van der Waals surface area contributed by atoms with Gasteiger partial charge in [0.25, 0.3) is 5.91 Å². The second kappa shape index (κ2) is 7.40. The average molecular weight is 325 g/mol. The first-order valence-corrected chi connectivity index (χ1v) is 8.33. The molecular weight excluding hydrogens is 302 g/mol. The number of hydrogen-bond donors (Lipinski definition) is 1. The minimum Gasteiger partial charge on any atom is -0.353 e. The van der Waals surface area contributed by atoms with Crippen molar-refractivity contribution in [1.29, 1.82) is 0 Å². The molecule has 0 unspecified atom stereocenters. The first kappa shape index (κ1) is 16.4. The van der Waals surface area contributed by atoms with E-state index in [1.54, 1.807) is 12.4 Å². The number of likely N-dealkylation sites (N-methyl/N-ethyl adjacent to an activating group) is 1. The number of nitrogens with zero attached hydrogens (tertiary/aromatic N) is 4. The number of carbonyl (C=O) groups is 1. The number of amides is 1. The van der Waals surface area contributed by atoms with E-state index in [2.05, 4.69) is 32.0 Å². The fourth-order valence-corrected chi connectivity index (χ4v) is 2.73. The Morgan fingerprint density at radius 3 is 2.38 bits per heavy atom. The van der Waals surface area contributed by atoms with Gasteiger partial charge in [-0.2, -0.15) is 0 Å². The van der Waals surface area contributed by atoms with E-state index in [1.807, 2.05) is 31.2 Å². The van der Waals surface area contributed by atoms with Gasteiger partial charge < -0.3 is 15.1 Å². The number of benzene rings is 1. The Balaban J connectivity index is 1.61. The summed E-state index contributed by atoms with van der Waals surface area (Å²) in [5.41, 5.74) is 2.24. The molecule has 1 fully saturated rings. The number of aryl methyl sites for hydroxylation is 1. The van der Waals surface area contributed by atoms with E-state index in [-0.39, 0.29) is 5.91 Å². The predicted octanol–water partition coefficient (Wildman–Crippen LogP) is 2.18. The van der Waals surface area contributed by atoms with Crippen LogP contribution in [0.25, 0.3) is 0 Å². The lowest BCUT2D eigenvalue weighted by molar-refractivity contribution is 0.102. The predicted molar refractivity (Wildman–Crippen MR) is 95.5 cm³/mol. The van der Waals surface area contributed by atoms with Crippen LogP contribution in [0, 0.1) is 6.92 Å². The van der Waals surface area contributed by atoms with Gasteiger partial charge in [-0.05, 0) is 25.6 Å². The summed E-state index contributed by atoms with van der Waals surface area (Å²) in [5.74, 6) is 0.589. The minimum absolute atomic E-state index is 0.242. The standard InChI is InChI=1S/C18H23N5O/c1-3-22-8-10-23(11-9-22)17-13-19-16(12-20-17)18(24)21-15-6-4-14(2)5-7-15/h4-7,12-13H,3,8-11H2,1-2H3,(H,21,24). The molecule has 1 aromatic carbocycles. The fourth-order valence-electron chi connectivity index (χ4n) is 2.73. The van der Waals surface area contributed by atoms with Crippen LogP contribution < -0.4 is 10.2 Å². The van der Waals surface area contributed by atoms with Crippen molar-refractivity contribution in [2.24, 2.45) is 0 Å². The minimum atomic E-state index is -0.242. The van der Waals surface area contributed by atoms with Crippen LogP contribution in [0.15, 0.2) is 36.7 Å². The molecule has 2 heterocycles. The summed E-state index contributed by atoms with van der Waals surface area (Å²) in [5, 5.41) is 2.84. The van der Waals surface area contributed by atoms with Crippen molar-refractivity contribution in [1.82, 2.24) is 14.9 Å². The van der Waals surface area contributed by atoms with Gasteiger partial charge in [-0.15, -0.1) is 0 Å². The number of nitrogens with one attached hydrogen (secondary N) is 1. The van der Waals surface area contributed by atoms with Crippen LogP contribution in [0.1, 0.15) is 23.0 Å². The van der Waals surface area contributed by atoms with E-state index in [1.165, 1.54) is 0 Å². The number of rotatable bonds is 4. The third kappa shape index (κ3) is 3.89. The molecule has 0 aliphatic carbocycles. The van der Waals surface area contributed by atoms with Crippen LogP contribution >= 0.6 is 0 Å². The van der Waals surface area contributed by atoms with Crippen molar-refractivity contribution in [3.05, 3.63) is 47.9 Å². The van der Waals surface area contributed by atoms with Crippen molar-refractivity contribution in [3.63, 3.8) is 0 Å². The number of hydrogen-bond acceptors (Lipinski definition) is 5. The number of anilines is 2. The molecule has 1 N–H and O–H groups in total. The summed E-state index contributed by atoms with van der Waals surface area (Å²) < 4.78 is 0. The first-order chi connectivity index (χ1) is 11.7. The van der Waals surface area contributed by atoms with Gasteiger partial charge in [0.05, 0.1) is 12.4 Å². The van der Waals surface area contributed by atoms with Crippen molar-refractivity contribution in [3.8, 4) is 0 Å². The Hall–Kier alpha value is -2.47. The van der Waals surface area contributed by atoms with Gasteiger partial charge in [0, 0.05) is 31.9 Å². The second-order valence-corrected chi connectivity index (χ2v) is 6.00. The van der Waals surface area contributed by atoms with E-state index in [0.717, 1.165) is 49.8 Å². The quantitative estimate of drug-likeness (QED) is 0.933. The highest BCUT2D eigenvalue weighted by atomic mass is 16.1. The highest BCUT2D eigenvalue weighted by Gasteiger charge is 2.17. The number of piperazine rings is 1. The Morgan fingerprint density at radius 1 is 1.08 bits per heavy atom. The third-order valence-electron chi connectivity index (χ3n) is 4.32. The molecule has 6 heteroatoms. The normalized spacial score (nSPS) is 15.3. The smallest absolute Gasteiger partial charge is 0.275 e. The average Bonchev–Trinajstić information content (AvgIpc) is 2.64. The molecule has 0 radical (unpaired) electrons. The maximum Gasteiger partial charge on any atom is 0.275 e. The highest BCUT2D eigenvalue weighted by molar-refractivity contribution is 6.02. The van der Waals surface area contributed by atoms with E-state index in [0.29, 0.717) is 5.69 Å². The van der Waals surface area contributed by atoms with E-state index < -0.39 is 0 Å². The van der Waals surface area contributed by atoms with Gasteiger partial charge in [0.1, 0.15) is 11.5 Å². The summed E-state index contributed by atoms with van der Waals surface area (Å²) in [6, 6.07) is 7.67. The maximum atomic E-state index is 12.2. The SMILES string of the molecule is CCN1CCN(c2cnc(C(=O)Nc3ccc(C)cc3)cn2)CC1. The number of aromatic nitrogens is 2. The monoisotopic (exact) mass is 325 g/mol. The van der Waals surface area contributed by atoms with Crippen molar-refractivity contribution in [2.45, 2.75) is 13.8 Å². The molecule has 1 aliphatic rings. The molecule has 126 valence electrons. The van der Waals surface area contributed by atoms with Gasteiger partial charge in [0.2, 0.25) is 0 Å². The molecule has 0 bridgehead atoms. The first-order valence-electron chi connectivity index (χ1n) is 8.33. The molecule has 0 saturated carbocycles. The van der Waals surface area contributed by atoms with Crippen LogP contribution in [-0.2, 0) is 0 Å². The van der Waals surface area contributed by atoms with E-state index >= 15 is 0 Å². The van der Waals surface area contributed by atoms with Gasteiger partial charge in [-0.3, -0.25) is 4.79 Å². The molecule has 0 spiro atoms. The molecule has 1 amide bonds. The topological polar surface area (TPSA) is 61.4 Å². The molecule has 1 saturated heterocycles. The van der Waals surface area contributed by atoms with Gasteiger partial charge in [-0.25, -0.2) is 9.97 Å². The van der Waals surface area contributed by atoms with Crippen LogP contribution in [0.3, 0.4) is 0 Å². The largest absolute Gasteiger partial charge is 0.353 e. The maximum absolute atomic E-state index is 12.2. The second-order valence-electron chi connectivity index (χ2n) is 6.00. The molecule has 1 aromatic heterocycles. The summed E-state index contributed by atoms with van der Waals surface area (Å²) >= 11 is 0. The lowest BCUT2D eigenvalue weighted by Gasteiger charge is -2.34. The molecule has 2 aromatic rings. The fraction of sp³-hybridized carbons (Fsp3) is 0.389. The molecular formula is C18H23N5O. The van der Waals surface area contributed by atoms with Crippen molar-refractivity contribution >= 4 is 17.4 Å². The lowest BCUT2D eigenvalue weighted by atomic mass is 10.2. The van der Waals surface area contributed by atoms with Crippen LogP contribution in [0.4, 0.5) is 11.5 Å². The Labute approximate surface area is 142 Å². The Morgan fingerprint density at radius 2 is 1.79 bits per heavy atom. The number of carbonyl (C=O) groups excluding carboxylic acids is 1.